The Balaban J connectivity index is 1.32. The topological polar surface area (TPSA) is 78.7 Å². The first-order chi connectivity index (χ1) is 13.2. The molecule has 0 spiro atoms. The van der Waals surface area contributed by atoms with Crippen LogP contribution in [0.3, 0.4) is 0 Å². The van der Waals surface area contributed by atoms with Crippen molar-refractivity contribution in [1.29, 1.82) is 0 Å². The van der Waals surface area contributed by atoms with Gasteiger partial charge >= 0.3 is 0 Å². The molecule has 0 radical (unpaired) electrons. The van der Waals surface area contributed by atoms with Gasteiger partial charge in [-0.25, -0.2) is 4.98 Å². The Bertz CT molecular complexity index is 774. The van der Waals surface area contributed by atoms with Crippen LogP contribution in [-0.2, 0) is 0 Å². The van der Waals surface area contributed by atoms with Crippen molar-refractivity contribution in [3.63, 3.8) is 0 Å². The van der Waals surface area contributed by atoms with Crippen LogP contribution in [0.15, 0.2) is 41.1 Å². The molecule has 7 heteroatoms. The Morgan fingerprint density at radius 2 is 1.85 bits per heavy atom. The Morgan fingerprint density at radius 3 is 2.48 bits per heavy atom. The molecule has 1 aliphatic carbocycles. The highest BCUT2D eigenvalue weighted by Crippen LogP contribution is 2.19. The van der Waals surface area contributed by atoms with Crippen LogP contribution >= 0.6 is 0 Å². The van der Waals surface area contributed by atoms with Crippen LogP contribution in [-0.4, -0.2) is 53.9 Å². The number of carbonyl (C=O) groups is 2. The van der Waals surface area contributed by atoms with E-state index in [1.54, 1.807) is 23.2 Å². The molecule has 1 N–H and O–H groups in total. The van der Waals surface area contributed by atoms with Gasteiger partial charge in [0.05, 0.1) is 11.8 Å². The Kier molecular flexibility index (Phi) is 5.09. The lowest BCUT2D eigenvalue weighted by Crippen LogP contribution is -2.49. The second-order valence-electron chi connectivity index (χ2n) is 7.12. The van der Waals surface area contributed by atoms with Crippen LogP contribution in [0.25, 0.3) is 0 Å². The standard InChI is InChI=1S/C20H24N4O3/c25-19(22-16-4-1-2-5-16)15-7-8-18(21-14-15)23-9-11-24(12-10-23)20(26)17-6-3-13-27-17/h3,6-8,13-14,16H,1-2,4-5,9-12H2,(H,22,25). The normalized spacial score (nSPS) is 17.9. The summed E-state index contributed by atoms with van der Waals surface area (Å²) in [6, 6.07) is 7.42. The van der Waals surface area contributed by atoms with E-state index in [1.165, 1.54) is 19.1 Å². The van der Waals surface area contributed by atoms with Gasteiger partial charge in [0, 0.05) is 38.4 Å². The highest BCUT2D eigenvalue weighted by atomic mass is 16.3. The van der Waals surface area contributed by atoms with Crippen molar-refractivity contribution in [2.75, 3.05) is 31.1 Å². The van der Waals surface area contributed by atoms with Crippen molar-refractivity contribution >= 4 is 17.6 Å². The van der Waals surface area contributed by atoms with E-state index in [2.05, 4.69) is 15.2 Å². The van der Waals surface area contributed by atoms with E-state index in [-0.39, 0.29) is 11.8 Å². The van der Waals surface area contributed by atoms with Crippen molar-refractivity contribution < 1.29 is 14.0 Å². The molecular weight excluding hydrogens is 344 g/mol. The molecule has 0 aromatic carbocycles. The van der Waals surface area contributed by atoms with Gasteiger partial charge in [0.25, 0.3) is 11.8 Å². The SMILES string of the molecule is O=C(NC1CCCC1)c1ccc(N2CCN(C(=O)c3ccco3)CC2)nc1. The van der Waals surface area contributed by atoms with Crippen molar-refractivity contribution in [3.8, 4) is 0 Å². The van der Waals surface area contributed by atoms with Crippen LogP contribution in [0.4, 0.5) is 5.82 Å². The highest BCUT2D eigenvalue weighted by Gasteiger charge is 2.24. The summed E-state index contributed by atoms with van der Waals surface area (Å²) in [4.78, 5) is 33.0. The maximum Gasteiger partial charge on any atom is 0.289 e. The third-order valence-corrected chi connectivity index (χ3v) is 5.32. The van der Waals surface area contributed by atoms with E-state index in [0.29, 0.717) is 43.5 Å². The second-order valence-corrected chi connectivity index (χ2v) is 7.12. The maximum atomic E-state index is 12.3. The number of anilines is 1. The summed E-state index contributed by atoms with van der Waals surface area (Å²) in [6.07, 6.45) is 7.67. The molecule has 1 aliphatic heterocycles. The van der Waals surface area contributed by atoms with E-state index in [9.17, 15) is 9.59 Å². The van der Waals surface area contributed by atoms with E-state index < -0.39 is 0 Å². The predicted molar refractivity (Wildman–Crippen MR) is 101 cm³/mol. The van der Waals surface area contributed by atoms with Gasteiger partial charge in [-0.05, 0) is 37.1 Å². The molecule has 0 atom stereocenters. The van der Waals surface area contributed by atoms with Gasteiger partial charge in [0.15, 0.2) is 5.76 Å². The molecular formula is C20H24N4O3. The molecule has 3 heterocycles. The largest absolute Gasteiger partial charge is 0.459 e. The van der Waals surface area contributed by atoms with Gasteiger partial charge in [-0.15, -0.1) is 0 Å². The zero-order valence-electron chi connectivity index (χ0n) is 15.3. The Hall–Kier alpha value is -2.83. The number of nitrogens with one attached hydrogen (secondary N) is 1. The molecule has 0 bridgehead atoms. The van der Waals surface area contributed by atoms with Gasteiger partial charge in [-0.1, -0.05) is 12.8 Å². The van der Waals surface area contributed by atoms with E-state index in [0.717, 1.165) is 18.7 Å². The third kappa shape index (κ3) is 3.97. The molecule has 1 saturated carbocycles. The summed E-state index contributed by atoms with van der Waals surface area (Å²) in [6.45, 7) is 2.64. The molecule has 2 aliphatic rings. The number of carbonyl (C=O) groups excluding carboxylic acids is 2. The summed E-state index contributed by atoms with van der Waals surface area (Å²) in [5.41, 5.74) is 0.595. The molecule has 0 unspecified atom stereocenters. The monoisotopic (exact) mass is 368 g/mol. The van der Waals surface area contributed by atoms with Crippen LogP contribution < -0.4 is 10.2 Å². The first-order valence-electron chi connectivity index (χ1n) is 9.55. The lowest BCUT2D eigenvalue weighted by Gasteiger charge is -2.35. The lowest BCUT2D eigenvalue weighted by atomic mass is 10.2. The number of nitrogens with zero attached hydrogens (tertiary/aromatic N) is 3. The fourth-order valence-corrected chi connectivity index (χ4v) is 3.74. The van der Waals surface area contributed by atoms with Gasteiger partial charge in [0.1, 0.15) is 5.82 Å². The van der Waals surface area contributed by atoms with Crippen molar-refractivity contribution in [2.45, 2.75) is 31.7 Å². The number of hydrogen-bond donors (Lipinski definition) is 1. The average molecular weight is 368 g/mol. The lowest BCUT2D eigenvalue weighted by molar-refractivity contribution is 0.0714. The van der Waals surface area contributed by atoms with Crippen LogP contribution in [0.2, 0.25) is 0 Å². The maximum absolute atomic E-state index is 12.3. The van der Waals surface area contributed by atoms with E-state index in [1.807, 2.05) is 12.1 Å². The van der Waals surface area contributed by atoms with Crippen LogP contribution in [0, 0.1) is 0 Å². The van der Waals surface area contributed by atoms with E-state index in [4.69, 9.17) is 4.42 Å². The molecule has 2 aromatic heterocycles. The number of aromatic nitrogens is 1. The minimum Gasteiger partial charge on any atom is -0.459 e. The molecule has 27 heavy (non-hydrogen) atoms. The summed E-state index contributed by atoms with van der Waals surface area (Å²) < 4.78 is 5.19. The molecule has 2 amide bonds. The minimum atomic E-state index is -0.0773. The average Bonchev–Trinajstić information content (AvgIpc) is 3.42. The summed E-state index contributed by atoms with van der Waals surface area (Å²) in [5, 5.41) is 3.08. The molecule has 1 saturated heterocycles. The molecule has 2 aromatic rings. The molecule has 142 valence electrons. The zero-order valence-corrected chi connectivity index (χ0v) is 15.3. The quantitative estimate of drug-likeness (QED) is 0.896. The summed E-state index contributed by atoms with van der Waals surface area (Å²) in [7, 11) is 0. The molecule has 2 fully saturated rings. The summed E-state index contributed by atoms with van der Waals surface area (Å²) >= 11 is 0. The second kappa shape index (κ2) is 7.82. The predicted octanol–water partition coefficient (Wildman–Crippen LogP) is 2.31. The number of hydrogen-bond acceptors (Lipinski definition) is 5. The van der Waals surface area contributed by atoms with Crippen LogP contribution in [0.1, 0.15) is 46.6 Å². The molecule has 7 nitrogen and oxygen atoms in total. The first-order valence-corrected chi connectivity index (χ1v) is 9.55. The smallest absolute Gasteiger partial charge is 0.289 e. The van der Waals surface area contributed by atoms with Crippen LogP contribution in [0.5, 0.6) is 0 Å². The first kappa shape index (κ1) is 17.6. The fraction of sp³-hybridized carbons (Fsp3) is 0.450. The Labute approximate surface area is 158 Å². The van der Waals surface area contributed by atoms with Crippen molar-refractivity contribution in [2.24, 2.45) is 0 Å². The number of piperazine rings is 1. The van der Waals surface area contributed by atoms with Crippen molar-refractivity contribution in [1.82, 2.24) is 15.2 Å². The molecule has 4 rings (SSSR count). The zero-order chi connectivity index (χ0) is 18.6. The fourth-order valence-electron chi connectivity index (χ4n) is 3.74. The number of amides is 2. The summed E-state index contributed by atoms with van der Waals surface area (Å²) in [5.74, 6) is 1.08. The van der Waals surface area contributed by atoms with Gasteiger partial charge in [-0.2, -0.15) is 0 Å². The van der Waals surface area contributed by atoms with Gasteiger partial charge in [0.2, 0.25) is 0 Å². The highest BCUT2D eigenvalue weighted by molar-refractivity contribution is 5.94. The minimum absolute atomic E-state index is 0.0465. The number of pyridine rings is 1. The Morgan fingerprint density at radius 1 is 1.07 bits per heavy atom. The van der Waals surface area contributed by atoms with Gasteiger partial charge in [-0.3, -0.25) is 9.59 Å². The van der Waals surface area contributed by atoms with Crippen molar-refractivity contribution in [3.05, 3.63) is 48.0 Å². The number of rotatable bonds is 4. The van der Waals surface area contributed by atoms with Gasteiger partial charge < -0.3 is 19.5 Å². The number of furan rings is 1. The third-order valence-electron chi connectivity index (χ3n) is 5.32. The van der Waals surface area contributed by atoms with E-state index >= 15 is 0 Å².